The number of carbonyl (C=O) groups excluding carboxylic acids is 1. The number of benzene rings is 3. The molecule has 0 atom stereocenters. The predicted octanol–water partition coefficient (Wildman–Crippen LogP) is 5.00. The zero-order chi connectivity index (χ0) is 17.8. The fourth-order valence-corrected chi connectivity index (χ4v) is 2.74. The number of rotatable bonds is 3. The fraction of sp³-hybridized carbons (Fsp3) is 0.0909. The number of hydrogen-bond donors (Lipinski definition) is 1. The lowest BCUT2D eigenvalue weighted by atomic mass is 10.0. The SMILES string of the molecule is Cc1ccc(C)c(NC(=O)/C(C#N)=C/c2cccc3ccccc23)c1. The molecule has 0 fully saturated rings. The van der Waals surface area contributed by atoms with E-state index in [0.29, 0.717) is 0 Å². The summed E-state index contributed by atoms with van der Waals surface area (Å²) < 4.78 is 0. The molecule has 0 spiro atoms. The molecule has 0 radical (unpaired) electrons. The van der Waals surface area contributed by atoms with Gasteiger partial charge < -0.3 is 5.32 Å². The minimum Gasteiger partial charge on any atom is -0.321 e. The van der Waals surface area contributed by atoms with Gasteiger partial charge in [-0.1, -0.05) is 54.6 Å². The standard InChI is InChI=1S/C22H18N2O/c1-15-10-11-16(2)21(12-15)24-22(25)19(14-23)13-18-8-5-7-17-6-3-4-9-20(17)18/h3-13H,1-2H3,(H,24,25)/b19-13+. The molecule has 25 heavy (non-hydrogen) atoms. The minimum atomic E-state index is -0.399. The van der Waals surface area contributed by atoms with Crippen LogP contribution in [0.25, 0.3) is 16.8 Å². The molecule has 1 N–H and O–H groups in total. The average molecular weight is 326 g/mol. The largest absolute Gasteiger partial charge is 0.321 e. The Hall–Kier alpha value is -3.38. The van der Waals surface area contributed by atoms with Crippen molar-refractivity contribution in [2.75, 3.05) is 5.32 Å². The highest BCUT2D eigenvalue weighted by Crippen LogP contribution is 2.22. The molecule has 3 heteroatoms. The molecular weight excluding hydrogens is 308 g/mol. The van der Waals surface area contributed by atoms with Crippen molar-refractivity contribution in [3.05, 3.63) is 82.9 Å². The van der Waals surface area contributed by atoms with Crippen molar-refractivity contribution >= 4 is 28.4 Å². The van der Waals surface area contributed by atoms with Crippen LogP contribution in [0, 0.1) is 25.2 Å². The van der Waals surface area contributed by atoms with E-state index < -0.39 is 5.91 Å². The summed E-state index contributed by atoms with van der Waals surface area (Å²) in [5.74, 6) is -0.399. The summed E-state index contributed by atoms with van der Waals surface area (Å²) in [5, 5.41) is 14.4. The lowest BCUT2D eigenvalue weighted by Crippen LogP contribution is -2.14. The Kier molecular flexibility index (Phi) is 4.63. The van der Waals surface area contributed by atoms with E-state index >= 15 is 0 Å². The normalized spacial score (nSPS) is 11.2. The van der Waals surface area contributed by atoms with Gasteiger partial charge in [-0.25, -0.2) is 0 Å². The summed E-state index contributed by atoms with van der Waals surface area (Å²) in [6.45, 7) is 3.89. The maximum atomic E-state index is 12.5. The highest BCUT2D eigenvalue weighted by atomic mass is 16.1. The zero-order valence-corrected chi connectivity index (χ0v) is 14.2. The van der Waals surface area contributed by atoms with E-state index in [-0.39, 0.29) is 5.57 Å². The van der Waals surface area contributed by atoms with Crippen molar-refractivity contribution in [1.29, 1.82) is 5.26 Å². The summed E-state index contributed by atoms with van der Waals surface area (Å²) in [6, 6.07) is 21.6. The number of anilines is 1. The molecule has 122 valence electrons. The molecule has 0 saturated heterocycles. The summed E-state index contributed by atoms with van der Waals surface area (Å²) in [6.07, 6.45) is 1.64. The smallest absolute Gasteiger partial charge is 0.266 e. The first kappa shape index (κ1) is 16.5. The van der Waals surface area contributed by atoms with E-state index in [0.717, 1.165) is 33.2 Å². The van der Waals surface area contributed by atoms with Crippen LogP contribution in [-0.2, 0) is 4.79 Å². The maximum Gasteiger partial charge on any atom is 0.266 e. The third kappa shape index (κ3) is 3.59. The van der Waals surface area contributed by atoms with Gasteiger partial charge in [0.05, 0.1) is 0 Å². The number of amides is 1. The van der Waals surface area contributed by atoms with Gasteiger partial charge >= 0.3 is 0 Å². The minimum absolute atomic E-state index is 0.0808. The molecule has 3 rings (SSSR count). The number of nitriles is 1. The van der Waals surface area contributed by atoms with Crippen molar-refractivity contribution in [3.63, 3.8) is 0 Å². The van der Waals surface area contributed by atoms with Gasteiger partial charge in [-0.3, -0.25) is 4.79 Å². The Bertz CT molecular complexity index is 1020. The third-order valence-electron chi connectivity index (χ3n) is 4.13. The summed E-state index contributed by atoms with van der Waals surface area (Å²) in [4.78, 5) is 12.5. The Morgan fingerprint density at radius 3 is 2.60 bits per heavy atom. The first-order valence-electron chi connectivity index (χ1n) is 8.06. The van der Waals surface area contributed by atoms with Crippen molar-refractivity contribution < 1.29 is 4.79 Å². The van der Waals surface area contributed by atoms with Crippen molar-refractivity contribution in [3.8, 4) is 6.07 Å². The fourth-order valence-electron chi connectivity index (χ4n) is 2.74. The Morgan fingerprint density at radius 2 is 1.80 bits per heavy atom. The lowest BCUT2D eigenvalue weighted by Gasteiger charge is -2.09. The number of hydrogen-bond acceptors (Lipinski definition) is 2. The van der Waals surface area contributed by atoms with Crippen molar-refractivity contribution in [1.82, 2.24) is 0 Å². The molecule has 1 amide bonds. The Morgan fingerprint density at radius 1 is 1.04 bits per heavy atom. The molecule has 0 aliphatic heterocycles. The number of nitrogens with one attached hydrogen (secondary N) is 1. The molecule has 0 bridgehead atoms. The van der Waals surface area contributed by atoms with Crippen molar-refractivity contribution in [2.45, 2.75) is 13.8 Å². The van der Waals surface area contributed by atoms with Gasteiger partial charge in [0.2, 0.25) is 0 Å². The van der Waals surface area contributed by atoms with Gasteiger partial charge in [0, 0.05) is 5.69 Å². The molecular formula is C22H18N2O. The Balaban J connectivity index is 1.96. The topological polar surface area (TPSA) is 52.9 Å². The van der Waals surface area contributed by atoms with E-state index in [1.54, 1.807) is 6.08 Å². The van der Waals surface area contributed by atoms with Crippen LogP contribution in [0.2, 0.25) is 0 Å². The quantitative estimate of drug-likeness (QED) is 0.544. The van der Waals surface area contributed by atoms with Gasteiger partial charge in [0.15, 0.2) is 0 Å². The number of fused-ring (bicyclic) bond motifs is 1. The van der Waals surface area contributed by atoms with Crippen LogP contribution >= 0.6 is 0 Å². The van der Waals surface area contributed by atoms with Crippen molar-refractivity contribution in [2.24, 2.45) is 0 Å². The molecule has 0 saturated carbocycles. The van der Waals surface area contributed by atoms with Crippen LogP contribution in [0.3, 0.4) is 0 Å². The van der Waals surface area contributed by atoms with E-state index in [9.17, 15) is 10.1 Å². The Labute approximate surface area is 147 Å². The van der Waals surface area contributed by atoms with Crippen LogP contribution in [-0.4, -0.2) is 5.91 Å². The second kappa shape index (κ2) is 7.02. The monoisotopic (exact) mass is 326 g/mol. The molecule has 0 heterocycles. The highest BCUT2D eigenvalue weighted by molar-refractivity contribution is 6.11. The molecule has 0 unspecified atom stereocenters. The highest BCUT2D eigenvalue weighted by Gasteiger charge is 2.11. The molecule has 3 aromatic rings. The molecule has 0 aliphatic carbocycles. The van der Waals surface area contributed by atoms with E-state index in [2.05, 4.69) is 5.32 Å². The molecule has 0 aliphatic rings. The van der Waals surface area contributed by atoms with E-state index in [1.807, 2.05) is 80.6 Å². The lowest BCUT2D eigenvalue weighted by molar-refractivity contribution is -0.112. The summed E-state index contributed by atoms with van der Waals surface area (Å²) >= 11 is 0. The van der Waals surface area contributed by atoms with Crippen LogP contribution < -0.4 is 5.32 Å². The first-order valence-corrected chi connectivity index (χ1v) is 8.06. The molecule has 3 nitrogen and oxygen atoms in total. The second-order valence-electron chi connectivity index (χ2n) is 6.01. The van der Waals surface area contributed by atoms with Gasteiger partial charge in [0.25, 0.3) is 5.91 Å². The second-order valence-corrected chi connectivity index (χ2v) is 6.01. The third-order valence-corrected chi connectivity index (χ3v) is 4.13. The van der Waals surface area contributed by atoms with Gasteiger partial charge in [-0.15, -0.1) is 0 Å². The van der Waals surface area contributed by atoms with Crippen LogP contribution in [0.15, 0.2) is 66.2 Å². The summed E-state index contributed by atoms with van der Waals surface area (Å²) in [7, 11) is 0. The summed E-state index contributed by atoms with van der Waals surface area (Å²) in [5.41, 5.74) is 3.67. The van der Waals surface area contributed by atoms with Crippen LogP contribution in [0.5, 0.6) is 0 Å². The van der Waals surface area contributed by atoms with Gasteiger partial charge in [-0.05, 0) is 53.5 Å². The first-order chi connectivity index (χ1) is 12.1. The van der Waals surface area contributed by atoms with E-state index in [1.165, 1.54) is 0 Å². The zero-order valence-electron chi connectivity index (χ0n) is 14.2. The van der Waals surface area contributed by atoms with Crippen LogP contribution in [0.4, 0.5) is 5.69 Å². The number of carbonyl (C=O) groups is 1. The molecule has 3 aromatic carbocycles. The number of nitrogens with zero attached hydrogens (tertiary/aromatic N) is 1. The predicted molar refractivity (Wildman–Crippen MR) is 102 cm³/mol. The van der Waals surface area contributed by atoms with Gasteiger partial charge in [-0.2, -0.15) is 5.26 Å². The van der Waals surface area contributed by atoms with E-state index in [4.69, 9.17) is 0 Å². The number of aryl methyl sites for hydroxylation is 2. The van der Waals surface area contributed by atoms with Crippen LogP contribution in [0.1, 0.15) is 16.7 Å². The molecule has 0 aromatic heterocycles. The average Bonchev–Trinajstić information content (AvgIpc) is 2.62. The van der Waals surface area contributed by atoms with Gasteiger partial charge in [0.1, 0.15) is 11.6 Å². The maximum absolute atomic E-state index is 12.5.